The van der Waals surface area contributed by atoms with Gasteiger partial charge >= 0.3 is 0 Å². The van der Waals surface area contributed by atoms with E-state index in [9.17, 15) is 4.79 Å². The summed E-state index contributed by atoms with van der Waals surface area (Å²) in [6.45, 7) is 2.81. The number of hydrogen-bond donors (Lipinski definition) is 2. The van der Waals surface area contributed by atoms with Crippen molar-refractivity contribution >= 4 is 16.8 Å². The van der Waals surface area contributed by atoms with E-state index in [0.717, 1.165) is 26.1 Å². The molecule has 0 radical (unpaired) electrons. The van der Waals surface area contributed by atoms with Crippen LogP contribution in [0.1, 0.15) is 27.2 Å². The van der Waals surface area contributed by atoms with Gasteiger partial charge in [-0.25, -0.2) is 0 Å². The monoisotopic (exact) mass is 319 g/mol. The molecule has 0 atom stereocenters. The molecule has 0 fully saturated rings. The van der Waals surface area contributed by atoms with Gasteiger partial charge in [0.2, 0.25) is 0 Å². The summed E-state index contributed by atoms with van der Waals surface area (Å²) in [5.41, 5.74) is 6.07. The fraction of sp³-hybridized carbons (Fsp3) is 0.250. The minimum atomic E-state index is -0.0450. The van der Waals surface area contributed by atoms with E-state index in [1.54, 1.807) is 7.05 Å². The number of benzene rings is 2. The van der Waals surface area contributed by atoms with Crippen LogP contribution in [0.2, 0.25) is 0 Å². The minimum Gasteiger partial charge on any atom is -0.355 e. The standard InChI is InChI=1S/C20H21N3O/c1-21-20(24)15-8-6-14(7-9-15)13-23-18-5-3-2-4-16(18)17-12-22-11-10-19(17)23/h2-9,22H,10-13H2,1H3,(H,21,24). The van der Waals surface area contributed by atoms with Crippen LogP contribution in [0.4, 0.5) is 0 Å². The highest BCUT2D eigenvalue weighted by atomic mass is 16.1. The molecule has 0 aliphatic carbocycles. The average Bonchev–Trinajstić information content (AvgIpc) is 2.96. The van der Waals surface area contributed by atoms with E-state index in [2.05, 4.69) is 39.5 Å². The van der Waals surface area contributed by atoms with E-state index >= 15 is 0 Å². The second-order valence-corrected chi connectivity index (χ2v) is 6.23. The van der Waals surface area contributed by atoms with Crippen LogP contribution in [0.3, 0.4) is 0 Å². The lowest BCUT2D eigenvalue weighted by Gasteiger charge is -2.17. The highest BCUT2D eigenvalue weighted by Gasteiger charge is 2.19. The molecule has 1 amide bonds. The highest BCUT2D eigenvalue weighted by molar-refractivity contribution is 5.94. The van der Waals surface area contributed by atoms with Crippen LogP contribution in [0.15, 0.2) is 48.5 Å². The number of carbonyl (C=O) groups excluding carboxylic acids is 1. The molecule has 1 aliphatic heterocycles. The van der Waals surface area contributed by atoms with E-state index in [4.69, 9.17) is 0 Å². The van der Waals surface area contributed by atoms with E-state index in [1.165, 1.54) is 27.7 Å². The summed E-state index contributed by atoms with van der Waals surface area (Å²) in [7, 11) is 1.66. The predicted molar refractivity (Wildman–Crippen MR) is 96.3 cm³/mol. The molecule has 2 aromatic carbocycles. The summed E-state index contributed by atoms with van der Waals surface area (Å²) >= 11 is 0. The number of nitrogens with one attached hydrogen (secondary N) is 2. The number of hydrogen-bond acceptors (Lipinski definition) is 2. The van der Waals surface area contributed by atoms with Crippen molar-refractivity contribution in [2.24, 2.45) is 0 Å². The van der Waals surface area contributed by atoms with Gasteiger partial charge in [0, 0.05) is 55.3 Å². The van der Waals surface area contributed by atoms with Crippen molar-refractivity contribution in [2.75, 3.05) is 13.6 Å². The molecule has 24 heavy (non-hydrogen) atoms. The molecule has 0 saturated heterocycles. The first-order valence-electron chi connectivity index (χ1n) is 8.38. The van der Waals surface area contributed by atoms with Crippen molar-refractivity contribution in [1.29, 1.82) is 0 Å². The van der Waals surface area contributed by atoms with E-state index in [-0.39, 0.29) is 5.91 Å². The lowest BCUT2D eigenvalue weighted by Crippen LogP contribution is -2.24. The summed E-state index contributed by atoms with van der Waals surface area (Å²) in [5, 5.41) is 7.49. The molecule has 2 heterocycles. The summed E-state index contributed by atoms with van der Waals surface area (Å²) in [5.74, 6) is -0.0450. The Morgan fingerprint density at radius 1 is 1.17 bits per heavy atom. The Kier molecular flexibility index (Phi) is 3.82. The summed E-state index contributed by atoms with van der Waals surface area (Å²) < 4.78 is 2.43. The number of rotatable bonds is 3. The predicted octanol–water partition coefficient (Wildman–Crippen LogP) is 2.69. The third-order valence-electron chi connectivity index (χ3n) is 4.82. The molecule has 2 N–H and O–H groups in total. The lowest BCUT2D eigenvalue weighted by atomic mass is 10.1. The third kappa shape index (κ3) is 2.49. The van der Waals surface area contributed by atoms with E-state index < -0.39 is 0 Å². The molecule has 1 aromatic heterocycles. The molecule has 4 heteroatoms. The van der Waals surface area contributed by atoms with Gasteiger partial charge in [0.15, 0.2) is 0 Å². The number of para-hydroxylation sites is 1. The number of amides is 1. The Labute approximate surface area is 141 Å². The summed E-state index contributed by atoms with van der Waals surface area (Å²) in [4.78, 5) is 11.7. The molecule has 4 rings (SSSR count). The van der Waals surface area contributed by atoms with Crippen molar-refractivity contribution in [2.45, 2.75) is 19.5 Å². The number of carbonyl (C=O) groups is 1. The molecule has 0 spiro atoms. The Bertz CT molecular complexity index is 893. The molecule has 122 valence electrons. The molecule has 0 saturated carbocycles. The van der Waals surface area contributed by atoms with Crippen molar-refractivity contribution in [3.8, 4) is 0 Å². The van der Waals surface area contributed by atoms with Crippen LogP contribution in [0.25, 0.3) is 10.9 Å². The maximum absolute atomic E-state index is 11.7. The summed E-state index contributed by atoms with van der Waals surface area (Å²) in [6.07, 6.45) is 1.06. The quantitative estimate of drug-likeness (QED) is 0.780. The maximum Gasteiger partial charge on any atom is 0.251 e. The van der Waals surface area contributed by atoms with Crippen LogP contribution in [-0.2, 0) is 19.5 Å². The number of fused-ring (bicyclic) bond motifs is 3. The minimum absolute atomic E-state index is 0.0450. The van der Waals surface area contributed by atoms with Crippen LogP contribution in [-0.4, -0.2) is 24.1 Å². The van der Waals surface area contributed by atoms with Gasteiger partial charge in [-0.1, -0.05) is 30.3 Å². The Morgan fingerprint density at radius 2 is 1.96 bits per heavy atom. The zero-order valence-electron chi connectivity index (χ0n) is 13.8. The molecule has 0 unspecified atom stereocenters. The third-order valence-corrected chi connectivity index (χ3v) is 4.82. The second-order valence-electron chi connectivity index (χ2n) is 6.23. The normalized spacial score (nSPS) is 13.7. The Morgan fingerprint density at radius 3 is 2.75 bits per heavy atom. The topological polar surface area (TPSA) is 46.1 Å². The van der Waals surface area contributed by atoms with Gasteiger partial charge < -0.3 is 15.2 Å². The number of nitrogens with zero attached hydrogens (tertiary/aromatic N) is 1. The van der Waals surface area contributed by atoms with Crippen molar-refractivity contribution < 1.29 is 4.79 Å². The average molecular weight is 319 g/mol. The first kappa shape index (κ1) is 15.0. The van der Waals surface area contributed by atoms with Gasteiger partial charge in [-0.3, -0.25) is 4.79 Å². The first-order valence-corrected chi connectivity index (χ1v) is 8.38. The van der Waals surface area contributed by atoms with Gasteiger partial charge in [0.25, 0.3) is 5.91 Å². The molecular weight excluding hydrogens is 298 g/mol. The molecule has 3 aromatic rings. The zero-order chi connectivity index (χ0) is 16.5. The largest absolute Gasteiger partial charge is 0.355 e. The van der Waals surface area contributed by atoms with Crippen LogP contribution in [0.5, 0.6) is 0 Å². The Hall–Kier alpha value is -2.59. The number of aromatic nitrogens is 1. The fourth-order valence-corrected chi connectivity index (χ4v) is 3.60. The smallest absolute Gasteiger partial charge is 0.251 e. The van der Waals surface area contributed by atoms with Gasteiger partial charge in [0.05, 0.1) is 0 Å². The Balaban J connectivity index is 1.73. The molecule has 1 aliphatic rings. The second kappa shape index (κ2) is 6.13. The van der Waals surface area contributed by atoms with Gasteiger partial charge in [-0.05, 0) is 29.3 Å². The van der Waals surface area contributed by atoms with Gasteiger partial charge in [-0.2, -0.15) is 0 Å². The van der Waals surface area contributed by atoms with Crippen molar-refractivity contribution in [3.05, 3.63) is 70.9 Å². The van der Waals surface area contributed by atoms with Crippen molar-refractivity contribution in [3.63, 3.8) is 0 Å². The first-order chi connectivity index (χ1) is 11.8. The van der Waals surface area contributed by atoms with Gasteiger partial charge in [0.1, 0.15) is 0 Å². The van der Waals surface area contributed by atoms with E-state index in [1.807, 2.05) is 24.3 Å². The van der Waals surface area contributed by atoms with Crippen molar-refractivity contribution in [1.82, 2.24) is 15.2 Å². The lowest BCUT2D eigenvalue weighted by molar-refractivity contribution is 0.0963. The van der Waals surface area contributed by atoms with Crippen LogP contribution in [0, 0.1) is 0 Å². The zero-order valence-corrected chi connectivity index (χ0v) is 13.8. The fourth-order valence-electron chi connectivity index (χ4n) is 3.60. The SMILES string of the molecule is CNC(=O)c1ccc(Cn2c3c(c4ccccc42)CNCC3)cc1. The molecule has 0 bridgehead atoms. The van der Waals surface area contributed by atoms with E-state index in [0.29, 0.717) is 5.56 Å². The summed E-state index contributed by atoms with van der Waals surface area (Å²) in [6, 6.07) is 16.5. The molecule has 4 nitrogen and oxygen atoms in total. The van der Waals surface area contributed by atoms with Crippen LogP contribution >= 0.6 is 0 Å². The van der Waals surface area contributed by atoms with Gasteiger partial charge in [-0.15, -0.1) is 0 Å². The maximum atomic E-state index is 11.7. The van der Waals surface area contributed by atoms with Crippen LogP contribution < -0.4 is 10.6 Å². The highest BCUT2D eigenvalue weighted by Crippen LogP contribution is 2.29. The molecular formula is C20H21N3O.